The molecule has 0 aliphatic rings. The molecule has 0 spiro atoms. The Labute approximate surface area is 102 Å². The molecular weight excluding hydrogens is 220 g/mol. The first kappa shape index (κ1) is 13.5. The Morgan fingerprint density at radius 3 is 2.75 bits per heavy atom. The van der Waals surface area contributed by atoms with Gasteiger partial charge in [-0.25, -0.2) is 0 Å². The lowest BCUT2D eigenvalue weighted by Gasteiger charge is -2.11. The summed E-state index contributed by atoms with van der Waals surface area (Å²) in [4.78, 5) is 0. The monoisotopic (exact) mass is 242 g/mol. The third kappa shape index (κ3) is 4.14. The quantitative estimate of drug-likeness (QED) is 0.586. The predicted molar refractivity (Wildman–Crippen MR) is 68.8 cm³/mol. The van der Waals surface area contributed by atoms with Crippen molar-refractivity contribution in [1.82, 2.24) is 20.1 Å². The summed E-state index contributed by atoms with van der Waals surface area (Å²) in [5, 5.41) is 13.2. The summed E-state index contributed by atoms with van der Waals surface area (Å²) < 4.78 is 2.03. The molecule has 16 heavy (non-hydrogen) atoms. The molecule has 1 aromatic rings. The van der Waals surface area contributed by atoms with E-state index in [0.717, 1.165) is 24.1 Å². The molecule has 5 heteroatoms. The van der Waals surface area contributed by atoms with Gasteiger partial charge in [-0.1, -0.05) is 32.0 Å². The predicted octanol–water partition coefficient (Wildman–Crippen LogP) is 1.99. The van der Waals surface area contributed by atoms with Crippen LogP contribution >= 0.6 is 11.8 Å². The van der Waals surface area contributed by atoms with Gasteiger partial charge in [-0.05, 0) is 19.9 Å². The van der Waals surface area contributed by atoms with E-state index < -0.39 is 0 Å². The second-order valence-corrected chi connectivity index (χ2v) is 5.48. The molecule has 1 N–H and O–H groups in total. The van der Waals surface area contributed by atoms with Gasteiger partial charge in [0.1, 0.15) is 5.82 Å². The fraction of sp³-hybridized carbons (Fsp3) is 0.818. The largest absolute Gasteiger partial charge is 0.316 e. The molecule has 92 valence electrons. The van der Waals surface area contributed by atoms with E-state index in [-0.39, 0.29) is 0 Å². The van der Waals surface area contributed by atoms with Crippen molar-refractivity contribution in [2.24, 2.45) is 7.05 Å². The molecule has 1 atom stereocenters. The molecule has 0 radical (unpaired) electrons. The van der Waals surface area contributed by atoms with E-state index in [4.69, 9.17) is 0 Å². The zero-order valence-corrected chi connectivity index (χ0v) is 11.5. The zero-order valence-electron chi connectivity index (χ0n) is 10.7. The minimum atomic E-state index is 0.527. The molecule has 1 heterocycles. The smallest absolute Gasteiger partial charge is 0.191 e. The second-order valence-electron chi connectivity index (χ2n) is 4.07. The lowest BCUT2D eigenvalue weighted by atomic mass is 10.3. The van der Waals surface area contributed by atoms with Gasteiger partial charge in [0.15, 0.2) is 5.16 Å². The number of thioether (sulfide) groups is 1. The van der Waals surface area contributed by atoms with Crippen molar-refractivity contribution in [2.45, 2.75) is 44.0 Å². The lowest BCUT2D eigenvalue weighted by Crippen LogP contribution is -2.23. The van der Waals surface area contributed by atoms with E-state index in [1.54, 1.807) is 11.8 Å². The highest BCUT2D eigenvalue weighted by molar-refractivity contribution is 7.99. The molecule has 1 rings (SSSR count). The molecule has 4 nitrogen and oxygen atoms in total. The Morgan fingerprint density at radius 2 is 2.19 bits per heavy atom. The minimum absolute atomic E-state index is 0.527. The van der Waals surface area contributed by atoms with E-state index in [0.29, 0.717) is 5.25 Å². The first-order valence-corrected chi connectivity index (χ1v) is 6.76. The van der Waals surface area contributed by atoms with E-state index >= 15 is 0 Å². The maximum Gasteiger partial charge on any atom is 0.191 e. The van der Waals surface area contributed by atoms with Crippen molar-refractivity contribution < 1.29 is 0 Å². The van der Waals surface area contributed by atoms with Crippen LogP contribution in [-0.4, -0.2) is 33.1 Å². The number of hydrogen-bond acceptors (Lipinski definition) is 4. The Hall–Kier alpha value is -0.550. The first-order valence-electron chi connectivity index (χ1n) is 5.88. The maximum absolute atomic E-state index is 4.15. The van der Waals surface area contributed by atoms with Crippen LogP contribution in [0, 0.1) is 6.92 Å². The highest BCUT2D eigenvalue weighted by Gasteiger charge is 2.10. The molecule has 0 saturated carbocycles. The first-order chi connectivity index (χ1) is 7.65. The number of unbranched alkanes of at least 4 members (excludes halogenated alkanes) is 1. The van der Waals surface area contributed by atoms with Crippen molar-refractivity contribution >= 4 is 11.8 Å². The van der Waals surface area contributed by atoms with Crippen LogP contribution in [0.1, 0.15) is 32.5 Å². The standard InChI is InChI=1S/C11H22N4S/c1-5-6-7-12-8-9(2)16-11-14-13-10(3)15(11)4/h9,12H,5-8H2,1-4H3. The minimum Gasteiger partial charge on any atom is -0.316 e. The SMILES string of the molecule is CCCCNCC(C)Sc1nnc(C)n1C. The molecule has 0 saturated heterocycles. The fourth-order valence-corrected chi connectivity index (χ4v) is 2.26. The number of hydrogen-bond donors (Lipinski definition) is 1. The number of aryl methyl sites for hydroxylation is 1. The molecular formula is C11H22N4S. The molecule has 0 fully saturated rings. The van der Waals surface area contributed by atoms with E-state index in [2.05, 4.69) is 29.4 Å². The van der Waals surface area contributed by atoms with Gasteiger partial charge in [-0.15, -0.1) is 10.2 Å². The average Bonchev–Trinajstić information content (AvgIpc) is 2.56. The van der Waals surface area contributed by atoms with Gasteiger partial charge in [0.25, 0.3) is 0 Å². The van der Waals surface area contributed by atoms with Crippen molar-refractivity contribution in [3.63, 3.8) is 0 Å². The third-order valence-electron chi connectivity index (χ3n) is 2.50. The van der Waals surface area contributed by atoms with Crippen LogP contribution in [0.2, 0.25) is 0 Å². The van der Waals surface area contributed by atoms with Crippen LogP contribution in [0.25, 0.3) is 0 Å². The van der Waals surface area contributed by atoms with Gasteiger partial charge < -0.3 is 9.88 Å². The fourth-order valence-electron chi connectivity index (χ4n) is 1.32. The summed E-state index contributed by atoms with van der Waals surface area (Å²) in [7, 11) is 2.01. The Morgan fingerprint density at radius 1 is 1.44 bits per heavy atom. The summed E-state index contributed by atoms with van der Waals surface area (Å²) >= 11 is 1.78. The van der Waals surface area contributed by atoms with Gasteiger partial charge in [0, 0.05) is 18.8 Å². The van der Waals surface area contributed by atoms with Gasteiger partial charge in [-0.3, -0.25) is 0 Å². The lowest BCUT2D eigenvalue weighted by molar-refractivity contribution is 0.637. The van der Waals surface area contributed by atoms with Gasteiger partial charge in [0.2, 0.25) is 0 Å². The van der Waals surface area contributed by atoms with Crippen LogP contribution in [0.3, 0.4) is 0 Å². The maximum atomic E-state index is 4.15. The second kappa shape index (κ2) is 6.91. The zero-order chi connectivity index (χ0) is 12.0. The van der Waals surface area contributed by atoms with Crippen molar-refractivity contribution in [3.8, 4) is 0 Å². The topological polar surface area (TPSA) is 42.7 Å². The van der Waals surface area contributed by atoms with E-state index in [1.165, 1.54) is 12.8 Å². The summed E-state index contributed by atoms with van der Waals surface area (Å²) in [6, 6.07) is 0. The van der Waals surface area contributed by atoms with E-state index in [1.807, 2.05) is 18.5 Å². The summed E-state index contributed by atoms with van der Waals surface area (Å²) in [6.07, 6.45) is 2.50. The molecule has 0 aliphatic heterocycles. The van der Waals surface area contributed by atoms with Crippen LogP contribution in [-0.2, 0) is 7.05 Å². The van der Waals surface area contributed by atoms with Crippen molar-refractivity contribution in [3.05, 3.63) is 5.82 Å². The normalized spacial score (nSPS) is 13.0. The van der Waals surface area contributed by atoms with Gasteiger partial charge >= 0.3 is 0 Å². The Balaban J connectivity index is 2.28. The highest BCUT2D eigenvalue weighted by Crippen LogP contribution is 2.20. The number of nitrogens with one attached hydrogen (secondary N) is 1. The van der Waals surface area contributed by atoms with Crippen LogP contribution in [0.4, 0.5) is 0 Å². The van der Waals surface area contributed by atoms with Crippen LogP contribution in [0.5, 0.6) is 0 Å². The molecule has 0 bridgehead atoms. The molecule has 0 aromatic carbocycles. The number of rotatable bonds is 7. The summed E-state index contributed by atoms with van der Waals surface area (Å²) in [6.45, 7) is 8.53. The molecule has 1 aromatic heterocycles. The van der Waals surface area contributed by atoms with Gasteiger partial charge in [-0.2, -0.15) is 0 Å². The summed E-state index contributed by atoms with van der Waals surface area (Å²) in [5.74, 6) is 0.966. The van der Waals surface area contributed by atoms with Crippen LogP contribution < -0.4 is 5.32 Å². The highest BCUT2D eigenvalue weighted by atomic mass is 32.2. The summed E-state index contributed by atoms with van der Waals surface area (Å²) in [5.41, 5.74) is 0. The number of aromatic nitrogens is 3. The van der Waals surface area contributed by atoms with Crippen molar-refractivity contribution in [2.75, 3.05) is 13.1 Å². The molecule has 0 amide bonds. The number of nitrogens with zero attached hydrogens (tertiary/aromatic N) is 3. The molecule has 1 unspecified atom stereocenters. The average molecular weight is 242 g/mol. The molecule has 0 aliphatic carbocycles. The van der Waals surface area contributed by atoms with Crippen molar-refractivity contribution in [1.29, 1.82) is 0 Å². The third-order valence-corrected chi connectivity index (χ3v) is 3.63. The van der Waals surface area contributed by atoms with E-state index in [9.17, 15) is 0 Å². The van der Waals surface area contributed by atoms with Gasteiger partial charge in [0.05, 0.1) is 0 Å². The Kier molecular flexibility index (Phi) is 5.84. The van der Waals surface area contributed by atoms with Crippen LogP contribution in [0.15, 0.2) is 5.16 Å². The Bertz CT molecular complexity index is 311.